The van der Waals surface area contributed by atoms with E-state index in [1.165, 1.54) is 0 Å². The number of hydrogen-bond donors (Lipinski definition) is 2. The van der Waals surface area contributed by atoms with Crippen molar-refractivity contribution in [2.24, 2.45) is 5.41 Å². The van der Waals surface area contributed by atoms with Gasteiger partial charge in [-0.15, -0.1) is 0 Å². The fraction of sp³-hybridized carbons (Fsp3) is 0.929. The molecule has 0 saturated carbocycles. The Kier molecular flexibility index (Phi) is 6.65. The third-order valence-electron chi connectivity index (χ3n) is 3.69. The summed E-state index contributed by atoms with van der Waals surface area (Å²) in [5, 5.41) is 6.40. The molecular formula is C14H28N2O2. The second-order valence-corrected chi connectivity index (χ2v) is 5.44. The lowest BCUT2D eigenvalue weighted by molar-refractivity contribution is -0.132. The molecule has 4 nitrogen and oxygen atoms in total. The van der Waals surface area contributed by atoms with Crippen LogP contribution in [0.4, 0.5) is 0 Å². The molecule has 1 aliphatic rings. The zero-order valence-electron chi connectivity index (χ0n) is 12.1. The van der Waals surface area contributed by atoms with Crippen molar-refractivity contribution in [2.45, 2.75) is 52.6 Å². The van der Waals surface area contributed by atoms with Gasteiger partial charge in [0.2, 0.25) is 5.91 Å². The summed E-state index contributed by atoms with van der Waals surface area (Å²) in [6.45, 7) is 9.45. The molecule has 1 fully saturated rings. The van der Waals surface area contributed by atoms with Gasteiger partial charge in [-0.3, -0.25) is 4.79 Å². The normalized spacial score (nSPS) is 24.2. The highest BCUT2D eigenvalue weighted by Gasteiger charge is 2.37. The van der Waals surface area contributed by atoms with E-state index in [-0.39, 0.29) is 17.4 Å². The van der Waals surface area contributed by atoms with E-state index in [0.717, 1.165) is 45.4 Å². The third kappa shape index (κ3) is 4.58. The number of nitrogens with one attached hydrogen (secondary N) is 2. The first kappa shape index (κ1) is 15.4. The number of piperidine rings is 1. The minimum atomic E-state index is -0.183. The van der Waals surface area contributed by atoms with E-state index in [0.29, 0.717) is 6.54 Å². The second kappa shape index (κ2) is 7.74. The van der Waals surface area contributed by atoms with Crippen molar-refractivity contribution in [3.05, 3.63) is 0 Å². The molecule has 1 aliphatic heterocycles. The van der Waals surface area contributed by atoms with Gasteiger partial charge in [-0.1, -0.05) is 6.92 Å². The zero-order valence-corrected chi connectivity index (χ0v) is 12.1. The third-order valence-corrected chi connectivity index (χ3v) is 3.69. The summed E-state index contributed by atoms with van der Waals surface area (Å²) in [6.07, 6.45) is 4.17. The fourth-order valence-electron chi connectivity index (χ4n) is 2.40. The molecule has 2 N–H and O–H groups in total. The molecule has 106 valence electrons. The van der Waals surface area contributed by atoms with Crippen LogP contribution < -0.4 is 10.6 Å². The van der Waals surface area contributed by atoms with E-state index in [9.17, 15) is 4.79 Å². The van der Waals surface area contributed by atoms with Gasteiger partial charge in [-0.25, -0.2) is 0 Å². The van der Waals surface area contributed by atoms with E-state index in [4.69, 9.17) is 4.74 Å². The number of hydrogen-bond acceptors (Lipinski definition) is 3. The Morgan fingerprint density at radius 3 is 2.83 bits per heavy atom. The van der Waals surface area contributed by atoms with Crippen LogP contribution in [0.2, 0.25) is 0 Å². The average Bonchev–Trinajstić information content (AvgIpc) is 2.38. The predicted molar refractivity (Wildman–Crippen MR) is 73.5 cm³/mol. The molecule has 1 atom stereocenters. The minimum absolute atomic E-state index is 0.183. The number of ether oxygens (including phenoxy) is 1. The summed E-state index contributed by atoms with van der Waals surface area (Å²) in [7, 11) is 0. The van der Waals surface area contributed by atoms with Crippen molar-refractivity contribution in [1.82, 2.24) is 10.6 Å². The summed E-state index contributed by atoms with van der Waals surface area (Å²) in [4.78, 5) is 12.3. The second-order valence-electron chi connectivity index (χ2n) is 5.44. The SMILES string of the molecule is CCC1(C(=O)NCCCOC(C)C)CCCNC1. The van der Waals surface area contributed by atoms with E-state index in [1.54, 1.807) is 0 Å². The van der Waals surface area contributed by atoms with Crippen molar-refractivity contribution in [2.75, 3.05) is 26.2 Å². The van der Waals surface area contributed by atoms with Crippen molar-refractivity contribution in [3.8, 4) is 0 Å². The molecule has 0 aromatic carbocycles. The highest BCUT2D eigenvalue weighted by molar-refractivity contribution is 5.82. The maximum atomic E-state index is 12.3. The predicted octanol–water partition coefficient (Wildman–Crippen LogP) is 1.70. The summed E-state index contributed by atoms with van der Waals surface area (Å²) >= 11 is 0. The minimum Gasteiger partial charge on any atom is -0.379 e. The van der Waals surface area contributed by atoms with E-state index >= 15 is 0 Å². The smallest absolute Gasteiger partial charge is 0.227 e. The van der Waals surface area contributed by atoms with Crippen molar-refractivity contribution in [1.29, 1.82) is 0 Å². The largest absolute Gasteiger partial charge is 0.379 e. The first-order chi connectivity index (χ1) is 8.60. The van der Waals surface area contributed by atoms with Crippen LogP contribution in [0.3, 0.4) is 0 Å². The summed E-state index contributed by atoms with van der Waals surface area (Å²) < 4.78 is 5.46. The molecule has 1 rings (SSSR count). The Labute approximate surface area is 111 Å². The molecule has 1 saturated heterocycles. The monoisotopic (exact) mass is 256 g/mol. The van der Waals surface area contributed by atoms with Crippen LogP contribution in [0.5, 0.6) is 0 Å². The molecule has 18 heavy (non-hydrogen) atoms. The molecule has 0 bridgehead atoms. The van der Waals surface area contributed by atoms with E-state index in [1.807, 2.05) is 13.8 Å². The van der Waals surface area contributed by atoms with Gasteiger partial charge in [0, 0.05) is 19.7 Å². The van der Waals surface area contributed by atoms with Crippen molar-refractivity contribution < 1.29 is 9.53 Å². The molecule has 4 heteroatoms. The van der Waals surface area contributed by atoms with E-state index < -0.39 is 0 Å². The molecule has 1 amide bonds. The van der Waals surface area contributed by atoms with Crippen molar-refractivity contribution >= 4 is 5.91 Å². The van der Waals surface area contributed by atoms with Crippen LogP contribution in [-0.2, 0) is 9.53 Å². The van der Waals surface area contributed by atoms with Crippen LogP contribution in [0.25, 0.3) is 0 Å². The first-order valence-electron chi connectivity index (χ1n) is 7.21. The number of rotatable bonds is 7. The maximum Gasteiger partial charge on any atom is 0.227 e. The fourth-order valence-corrected chi connectivity index (χ4v) is 2.40. The molecule has 0 radical (unpaired) electrons. The molecule has 1 heterocycles. The number of carbonyl (C=O) groups excluding carboxylic acids is 1. The van der Waals surface area contributed by atoms with Gasteiger partial charge in [-0.2, -0.15) is 0 Å². The molecule has 0 spiro atoms. The Hall–Kier alpha value is -0.610. The maximum absolute atomic E-state index is 12.3. The standard InChI is InChI=1S/C14H28N2O2/c1-4-14(7-5-8-15-11-14)13(17)16-9-6-10-18-12(2)3/h12,15H,4-11H2,1-3H3,(H,16,17). The van der Waals surface area contributed by atoms with Gasteiger partial charge >= 0.3 is 0 Å². The Bertz CT molecular complexity index is 248. The first-order valence-corrected chi connectivity index (χ1v) is 7.21. The van der Waals surface area contributed by atoms with Gasteiger partial charge in [-0.05, 0) is 46.1 Å². The zero-order chi connectivity index (χ0) is 13.4. The van der Waals surface area contributed by atoms with Gasteiger partial charge in [0.25, 0.3) is 0 Å². The molecule has 0 aliphatic carbocycles. The van der Waals surface area contributed by atoms with Gasteiger partial charge < -0.3 is 15.4 Å². The summed E-state index contributed by atoms with van der Waals surface area (Å²) in [5.41, 5.74) is -0.183. The summed E-state index contributed by atoms with van der Waals surface area (Å²) in [5.74, 6) is 0.210. The van der Waals surface area contributed by atoms with Gasteiger partial charge in [0.15, 0.2) is 0 Å². The molecular weight excluding hydrogens is 228 g/mol. The van der Waals surface area contributed by atoms with Crippen LogP contribution >= 0.6 is 0 Å². The summed E-state index contributed by atoms with van der Waals surface area (Å²) in [6, 6.07) is 0. The lowest BCUT2D eigenvalue weighted by atomic mass is 9.77. The Morgan fingerprint density at radius 2 is 2.28 bits per heavy atom. The lowest BCUT2D eigenvalue weighted by Crippen LogP contribution is -2.50. The lowest BCUT2D eigenvalue weighted by Gasteiger charge is -2.35. The van der Waals surface area contributed by atoms with Crippen molar-refractivity contribution in [3.63, 3.8) is 0 Å². The average molecular weight is 256 g/mol. The molecule has 0 aromatic rings. The Balaban J connectivity index is 2.25. The van der Waals surface area contributed by atoms with Gasteiger partial charge in [0.1, 0.15) is 0 Å². The number of carbonyl (C=O) groups is 1. The van der Waals surface area contributed by atoms with Crippen LogP contribution in [0.15, 0.2) is 0 Å². The topological polar surface area (TPSA) is 50.4 Å². The number of amides is 1. The van der Waals surface area contributed by atoms with Crippen LogP contribution in [0.1, 0.15) is 46.5 Å². The highest BCUT2D eigenvalue weighted by atomic mass is 16.5. The highest BCUT2D eigenvalue weighted by Crippen LogP contribution is 2.30. The Morgan fingerprint density at radius 1 is 1.50 bits per heavy atom. The van der Waals surface area contributed by atoms with Gasteiger partial charge in [0.05, 0.1) is 11.5 Å². The molecule has 1 unspecified atom stereocenters. The molecule has 0 aromatic heterocycles. The van der Waals surface area contributed by atoms with Crippen LogP contribution in [0, 0.1) is 5.41 Å². The van der Waals surface area contributed by atoms with E-state index in [2.05, 4.69) is 17.6 Å². The quantitative estimate of drug-likeness (QED) is 0.682. The van der Waals surface area contributed by atoms with Crippen LogP contribution in [-0.4, -0.2) is 38.3 Å².